The number of carbonyl (C=O) groups excluding carboxylic acids is 2. The fourth-order valence-corrected chi connectivity index (χ4v) is 2.69. The number of hydrogen-bond acceptors (Lipinski definition) is 4. The lowest BCUT2D eigenvalue weighted by Crippen LogP contribution is -2.28. The van der Waals surface area contributed by atoms with Gasteiger partial charge in [-0.2, -0.15) is 0 Å². The van der Waals surface area contributed by atoms with Crippen molar-refractivity contribution in [1.29, 1.82) is 0 Å². The van der Waals surface area contributed by atoms with E-state index in [0.29, 0.717) is 18.0 Å². The smallest absolute Gasteiger partial charge is 0.269 e. The Kier molecular flexibility index (Phi) is 7.49. The summed E-state index contributed by atoms with van der Waals surface area (Å²) in [6.45, 7) is 5.62. The fraction of sp³-hybridized carbons (Fsp3) is 0.381. The lowest BCUT2D eigenvalue weighted by molar-refractivity contribution is 0.0947. The second kappa shape index (κ2) is 9.83. The van der Waals surface area contributed by atoms with Crippen LogP contribution >= 0.6 is 0 Å². The van der Waals surface area contributed by atoms with Crippen LogP contribution in [0.2, 0.25) is 0 Å². The zero-order valence-electron chi connectivity index (χ0n) is 16.5. The van der Waals surface area contributed by atoms with Crippen LogP contribution in [0.25, 0.3) is 0 Å². The molecule has 0 spiro atoms. The van der Waals surface area contributed by atoms with Crippen molar-refractivity contribution in [3.05, 3.63) is 59.4 Å². The molecule has 1 aromatic heterocycles. The van der Waals surface area contributed by atoms with Gasteiger partial charge in [-0.05, 0) is 56.7 Å². The van der Waals surface area contributed by atoms with Crippen molar-refractivity contribution in [3.63, 3.8) is 0 Å². The summed E-state index contributed by atoms with van der Waals surface area (Å²) in [4.78, 5) is 31.0. The summed E-state index contributed by atoms with van der Waals surface area (Å²) in [6.07, 6.45) is 2.34. The van der Waals surface area contributed by atoms with Gasteiger partial charge in [0.15, 0.2) is 0 Å². The average Bonchev–Trinajstić information content (AvgIpc) is 2.65. The number of nitrogens with one attached hydrogen (secondary N) is 2. The summed E-state index contributed by atoms with van der Waals surface area (Å²) in [5.74, 6) is -0.236. The van der Waals surface area contributed by atoms with Crippen molar-refractivity contribution in [2.24, 2.45) is 0 Å². The Hall–Kier alpha value is -2.73. The molecule has 0 atom stereocenters. The second-order valence-corrected chi connectivity index (χ2v) is 7.04. The maximum Gasteiger partial charge on any atom is 0.269 e. The Labute approximate surface area is 161 Å². The molecule has 27 heavy (non-hydrogen) atoms. The van der Waals surface area contributed by atoms with Crippen LogP contribution < -0.4 is 10.6 Å². The van der Waals surface area contributed by atoms with Gasteiger partial charge in [0.25, 0.3) is 11.8 Å². The third-order valence-corrected chi connectivity index (χ3v) is 4.15. The summed E-state index contributed by atoms with van der Waals surface area (Å²) < 4.78 is 0. The summed E-state index contributed by atoms with van der Waals surface area (Å²) in [6, 6.07) is 10.9. The second-order valence-electron chi connectivity index (χ2n) is 7.04. The standard InChI is InChI=1S/C21H28N4O2/c1-15(2)17-8-5-6-9-18(17)24-20(26)16-10-12-22-19(14-16)21(27)23-11-7-13-25(3)4/h5-6,8-10,12,14-15H,7,11,13H2,1-4H3,(H,23,27)(H,24,26). The number of amides is 2. The van der Waals surface area contributed by atoms with Crippen molar-refractivity contribution < 1.29 is 9.59 Å². The average molecular weight is 368 g/mol. The van der Waals surface area contributed by atoms with Gasteiger partial charge in [0.05, 0.1) is 0 Å². The Morgan fingerprint density at radius 2 is 1.85 bits per heavy atom. The van der Waals surface area contributed by atoms with Crippen molar-refractivity contribution in [2.45, 2.75) is 26.2 Å². The van der Waals surface area contributed by atoms with Gasteiger partial charge in [0.1, 0.15) is 5.69 Å². The van der Waals surface area contributed by atoms with E-state index in [1.54, 1.807) is 6.07 Å². The highest BCUT2D eigenvalue weighted by Gasteiger charge is 2.14. The van der Waals surface area contributed by atoms with E-state index < -0.39 is 0 Å². The molecule has 2 aromatic rings. The highest BCUT2D eigenvalue weighted by atomic mass is 16.2. The first-order chi connectivity index (χ1) is 12.9. The maximum absolute atomic E-state index is 12.6. The number of hydrogen-bond donors (Lipinski definition) is 2. The van der Waals surface area contributed by atoms with Gasteiger partial charge in [0, 0.05) is 24.0 Å². The predicted octanol–water partition coefficient (Wildman–Crippen LogP) is 3.14. The predicted molar refractivity (Wildman–Crippen MR) is 108 cm³/mol. The molecule has 1 heterocycles. The maximum atomic E-state index is 12.6. The van der Waals surface area contributed by atoms with Crippen LogP contribution in [0.1, 0.15) is 52.6 Å². The lowest BCUT2D eigenvalue weighted by Gasteiger charge is -2.14. The Morgan fingerprint density at radius 3 is 2.56 bits per heavy atom. The summed E-state index contributed by atoms with van der Waals surface area (Å²) >= 11 is 0. The molecule has 6 heteroatoms. The number of rotatable bonds is 8. The van der Waals surface area contributed by atoms with Crippen molar-refractivity contribution in [1.82, 2.24) is 15.2 Å². The number of para-hydroxylation sites is 1. The van der Waals surface area contributed by atoms with E-state index in [0.717, 1.165) is 24.2 Å². The molecule has 0 radical (unpaired) electrons. The minimum absolute atomic E-state index is 0.240. The topological polar surface area (TPSA) is 74.3 Å². The molecule has 0 saturated heterocycles. The molecule has 0 aliphatic carbocycles. The van der Waals surface area contributed by atoms with Gasteiger partial charge in [-0.3, -0.25) is 14.6 Å². The van der Waals surface area contributed by atoms with Gasteiger partial charge >= 0.3 is 0 Å². The van der Waals surface area contributed by atoms with E-state index in [1.807, 2.05) is 38.4 Å². The molecule has 2 rings (SSSR count). The van der Waals surface area contributed by atoms with Crippen LogP contribution in [0.5, 0.6) is 0 Å². The van der Waals surface area contributed by atoms with E-state index in [2.05, 4.69) is 34.4 Å². The lowest BCUT2D eigenvalue weighted by atomic mass is 10.0. The third-order valence-electron chi connectivity index (χ3n) is 4.15. The number of nitrogens with zero attached hydrogens (tertiary/aromatic N) is 2. The molecule has 144 valence electrons. The number of benzene rings is 1. The Morgan fingerprint density at radius 1 is 1.11 bits per heavy atom. The zero-order chi connectivity index (χ0) is 19.8. The minimum Gasteiger partial charge on any atom is -0.351 e. The first-order valence-electron chi connectivity index (χ1n) is 9.17. The Balaban J connectivity index is 2.04. The van der Waals surface area contributed by atoms with Crippen LogP contribution in [0.4, 0.5) is 5.69 Å². The zero-order valence-corrected chi connectivity index (χ0v) is 16.5. The van der Waals surface area contributed by atoms with Gasteiger partial charge in [-0.15, -0.1) is 0 Å². The van der Waals surface area contributed by atoms with E-state index in [4.69, 9.17) is 0 Å². The summed E-state index contributed by atoms with van der Waals surface area (Å²) in [5, 5.41) is 5.77. The van der Waals surface area contributed by atoms with Crippen molar-refractivity contribution >= 4 is 17.5 Å². The van der Waals surface area contributed by atoms with Crippen LogP contribution in [0.3, 0.4) is 0 Å². The van der Waals surface area contributed by atoms with Gasteiger partial charge in [-0.25, -0.2) is 0 Å². The molecule has 6 nitrogen and oxygen atoms in total. The first kappa shape index (κ1) is 20.6. The monoisotopic (exact) mass is 368 g/mol. The van der Waals surface area contributed by atoms with Crippen LogP contribution in [-0.2, 0) is 0 Å². The highest BCUT2D eigenvalue weighted by Crippen LogP contribution is 2.24. The van der Waals surface area contributed by atoms with Gasteiger partial charge in [0.2, 0.25) is 0 Å². The molecule has 2 amide bonds. The molecule has 0 bridgehead atoms. The molecule has 0 aliphatic rings. The summed E-state index contributed by atoms with van der Waals surface area (Å²) in [5.41, 5.74) is 2.49. The molecule has 0 fully saturated rings. The SMILES string of the molecule is CC(C)c1ccccc1NC(=O)c1ccnc(C(=O)NCCCN(C)C)c1. The molecular formula is C21H28N4O2. The van der Waals surface area contributed by atoms with Crippen molar-refractivity contribution in [2.75, 3.05) is 32.5 Å². The molecule has 0 unspecified atom stereocenters. The third kappa shape index (κ3) is 6.18. The van der Waals surface area contributed by atoms with E-state index in [1.165, 1.54) is 12.3 Å². The largest absolute Gasteiger partial charge is 0.351 e. The highest BCUT2D eigenvalue weighted by molar-refractivity contribution is 6.06. The van der Waals surface area contributed by atoms with Crippen LogP contribution in [0.15, 0.2) is 42.6 Å². The van der Waals surface area contributed by atoms with E-state index in [9.17, 15) is 9.59 Å². The fourth-order valence-electron chi connectivity index (χ4n) is 2.69. The van der Waals surface area contributed by atoms with E-state index in [-0.39, 0.29) is 17.5 Å². The van der Waals surface area contributed by atoms with Gasteiger partial charge < -0.3 is 15.5 Å². The molecular weight excluding hydrogens is 340 g/mol. The van der Waals surface area contributed by atoms with Crippen LogP contribution in [0, 0.1) is 0 Å². The van der Waals surface area contributed by atoms with Crippen LogP contribution in [-0.4, -0.2) is 48.9 Å². The van der Waals surface area contributed by atoms with E-state index >= 15 is 0 Å². The molecule has 0 aliphatic heterocycles. The molecule has 0 saturated carbocycles. The molecule has 1 aromatic carbocycles. The summed E-state index contributed by atoms with van der Waals surface area (Å²) in [7, 11) is 3.98. The Bertz CT molecular complexity index is 787. The normalized spacial score (nSPS) is 10.9. The number of carbonyl (C=O) groups is 2. The number of anilines is 1. The number of aromatic nitrogens is 1. The minimum atomic E-state index is -0.272. The number of pyridine rings is 1. The quantitative estimate of drug-likeness (QED) is 0.702. The first-order valence-corrected chi connectivity index (χ1v) is 9.17. The van der Waals surface area contributed by atoms with Gasteiger partial charge in [-0.1, -0.05) is 32.0 Å². The van der Waals surface area contributed by atoms with Crippen molar-refractivity contribution in [3.8, 4) is 0 Å². The molecule has 2 N–H and O–H groups in total.